The van der Waals surface area contributed by atoms with Gasteiger partial charge in [-0.3, -0.25) is 14.9 Å². The van der Waals surface area contributed by atoms with Crippen molar-refractivity contribution in [2.45, 2.75) is 17.7 Å². The van der Waals surface area contributed by atoms with Gasteiger partial charge in [-0.15, -0.1) is 0 Å². The van der Waals surface area contributed by atoms with E-state index in [2.05, 4.69) is 0 Å². The quantitative estimate of drug-likeness (QED) is 0.417. The summed E-state index contributed by atoms with van der Waals surface area (Å²) in [6.07, 6.45) is 1.02. The normalized spacial score (nSPS) is 16.7. The van der Waals surface area contributed by atoms with E-state index in [1.165, 1.54) is 12.1 Å². The highest BCUT2D eigenvalue weighted by molar-refractivity contribution is 7.89. The number of ether oxygens (including phenoxy) is 2. The largest absolute Gasteiger partial charge is 0.486 e. The number of ketones is 1. The van der Waals surface area contributed by atoms with Crippen molar-refractivity contribution >= 4 is 27.2 Å². The lowest BCUT2D eigenvalue weighted by molar-refractivity contribution is -0.385. The maximum Gasteiger partial charge on any atom is 0.270 e. The van der Waals surface area contributed by atoms with Crippen LogP contribution in [-0.2, 0) is 10.0 Å². The van der Waals surface area contributed by atoms with Crippen LogP contribution in [0.4, 0.5) is 11.4 Å². The highest BCUT2D eigenvalue weighted by Gasteiger charge is 2.30. The van der Waals surface area contributed by atoms with Gasteiger partial charge in [0, 0.05) is 36.7 Å². The number of sulfonamides is 1. The summed E-state index contributed by atoms with van der Waals surface area (Å²) in [7, 11) is -4.16. The molecule has 4 rings (SSSR count). The Bertz CT molecular complexity index is 1140. The summed E-state index contributed by atoms with van der Waals surface area (Å²) in [6, 6.07) is 8.75. The third-order valence-corrected chi connectivity index (χ3v) is 6.43. The molecule has 10 nitrogen and oxygen atoms in total. The number of nitro groups is 1. The van der Waals surface area contributed by atoms with E-state index in [0.29, 0.717) is 61.9 Å². The Balaban J connectivity index is 1.50. The van der Waals surface area contributed by atoms with Gasteiger partial charge in [0.1, 0.15) is 18.1 Å². The molecular formula is C20H21N3O7S. The summed E-state index contributed by atoms with van der Waals surface area (Å²) in [6.45, 7) is 1.75. The molecule has 0 aromatic heterocycles. The molecule has 0 radical (unpaired) electrons. The Hall–Kier alpha value is -3.18. The third kappa shape index (κ3) is 4.32. The Kier molecular flexibility index (Phi) is 5.54. The van der Waals surface area contributed by atoms with E-state index in [1.807, 2.05) is 0 Å². The van der Waals surface area contributed by atoms with E-state index in [0.717, 1.165) is 6.07 Å². The molecule has 0 amide bonds. The third-order valence-electron chi connectivity index (χ3n) is 5.49. The minimum absolute atomic E-state index is 0.00741. The van der Waals surface area contributed by atoms with Crippen molar-refractivity contribution in [1.82, 2.24) is 0 Å². The molecule has 1 fully saturated rings. The molecule has 1 saturated heterocycles. The van der Waals surface area contributed by atoms with Crippen LogP contribution in [0.1, 0.15) is 23.2 Å². The van der Waals surface area contributed by atoms with Crippen molar-refractivity contribution in [3.63, 3.8) is 0 Å². The molecule has 0 spiro atoms. The average Bonchev–Trinajstić information content (AvgIpc) is 2.77. The minimum atomic E-state index is -4.16. The first-order chi connectivity index (χ1) is 14.7. The molecule has 0 saturated carbocycles. The minimum Gasteiger partial charge on any atom is -0.486 e. The Labute approximate surface area is 178 Å². The van der Waals surface area contributed by atoms with E-state index in [1.54, 1.807) is 23.1 Å². The number of benzene rings is 2. The van der Waals surface area contributed by atoms with Gasteiger partial charge < -0.3 is 14.4 Å². The molecule has 11 heteroatoms. The Morgan fingerprint density at radius 3 is 2.39 bits per heavy atom. The zero-order chi connectivity index (χ0) is 22.2. The maximum absolute atomic E-state index is 13.0. The first kappa shape index (κ1) is 21.1. The van der Waals surface area contributed by atoms with E-state index in [-0.39, 0.29) is 22.3 Å². The number of Topliss-reactive ketones (excluding diaryl/α,β-unsaturated/α-hetero) is 1. The molecule has 0 atom stereocenters. The fourth-order valence-corrected chi connectivity index (χ4v) is 4.69. The molecule has 164 valence electrons. The van der Waals surface area contributed by atoms with Crippen LogP contribution in [0.3, 0.4) is 0 Å². The number of non-ortho nitro benzene ring substituents is 1. The predicted molar refractivity (Wildman–Crippen MR) is 111 cm³/mol. The number of hydrogen-bond donors (Lipinski definition) is 1. The number of hydrogen-bond acceptors (Lipinski definition) is 8. The lowest BCUT2D eigenvalue weighted by Gasteiger charge is -2.34. The smallest absolute Gasteiger partial charge is 0.270 e. The van der Waals surface area contributed by atoms with E-state index >= 15 is 0 Å². The summed E-state index contributed by atoms with van der Waals surface area (Å²) >= 11 is 0. The zero-order valence-corrected chi connectivity index (χ0v) is 17.3. The second-order valence-corrected chi connectivity index (χ2v) is 8.97. The van der Waals surface area contributed by atoms with Gasteiger partial charge in [0.25, 0.3) is 5.69 Å². The van der Waals surface area contributed by atoms with Crippen LogP contribution < -0.4 is 19.5 Å². The fourth-order valence-electron chi connectivity index (χ4n) is 3.92. The summed E-state index contributed by atoms with van der Waals surface area (Å²) < 4.78 is 35.0. The number of carbonyl (C=O) groups is 1. The van der Waals surface area contributed by atoms with Crippen molar-refractivity contribution in [3.05, 3.63) is 52.1 Å². The van der Waals surface area contributed by atoms with Crippen molar-refractivity contribution in [3.8, 4) is 11.5 Å². The summed E-state index contributed by atoms with van der Waals surface area (Å²) in [5, 5.41) is 16.3. The van der Waals surface area contributed by atoms with Crippen molar-refractivity contribution in [2.24, 2.45) is 11.1 Å². The number of nitro benzene ring substituents is 1. The molecule has 2 N–H and O–H groups in total. The average molecular weight is 447 g/mol. The summed E-state index contributed by atoms with van der Waals surface area (Å²) in [5.74, 6) is 0.936. The Morgan fingerprint density at radius 2 is 1.74 bits per heavy atom. The standard InChI is InChI=1S/C20H21N3O7S/c21-31(27,28)19-12-15(23(25)26)2-3-16(19)22-7-5-13(6-8-22)20(24)14-1-4-17-18(11-14)30-10-9-29-17/h1-4,11-13H,5-10H2,(H2,21,27,28). The lowest BCUT2D eigenvalue weighted by atomic mass is 9.88. The first-order valence-corrected chi connectivity index (χ1v) is 11.3. The molecule has 2 aromatic carbocycles. The van der Waals surface area contributed by atoms with Gasteiger partial charge in [-0.25, -0.2) is 13.6 Å². The van der Waals surface area contributed by atoms with Crippen LogP contribution in [0.25, 0.3) is 0 Å². The van der Waals surface area contributed by atoms with Crippen LogP contribution >= 0.6 is 0 Å². The van der Waals surface area contributed by atoms with E-state index < -0.39 is 14.9 Å². The molecular weight excluding hydrogens is 426 g/mol. The van der Waals surface area contributed by atoms with Gasteiger partial charge in [0.2, 0.25) is 10.0 Å². The van der Waals surface area contributed by atoms with E-state index in [4.69, 9.17) is 14.6 Å². The number of anilines is 1. The van der Waals surface area contributed by atoms with Gasteiger partial charge in [-0.05, 0) is 37.1 Å². The zero-order valence-electron chi connectivity index (χ0n) is 16.5. The first-order valence-electron chi connectivity index (χ1n) is 9.74. The van der Waals surface area contributed by atoms with Crippen molar-refractivity contribution < 1.29 is 27.6 Å². The number of carbonyl (C=O) groups excluding carboxylic acids is 1. The Morgan fingerprint density at radius 1 is 1.06 bits per heavy atom. The monoisotopic (exact) mass is 447 g/mol. The predicted octanol–water partition coefficient (Wildman–Crippen LogP) is 2.11. The molecule has 2 heterocycles. The van der Waals surface area contributed by atoms with Crippen LogP contribution in [0, 0.1) is 16.0 Å². The molecule has 0 bridgehead atoms. The second kappa shape index (κ2) is 8.16. The molecule has 2 aliphatic heterocycles. The summed E-state index contributed by atoms with van der Waals surface area (Å²) in [5.41, 5.74) is 0.498. The second-order valence-electron chi connectivity index (χ2n) is 7.44. The highest BCUT2D eigenvalue weighted by atomic mass is 32.2. The molecule has 0 aliphatic carbocycles. The van der Waals surface area contributed by atoms with Gasteiger partial charge in [-0.2, -0.15) is 0 Å². The van der Waals surface area contributed by atoms with E-state index in [9.17, 15) is 23.3 Å². The van der Waals surface area contributed by atoms with Gasteiger partial charge in [0.05, 0.1) is 10.6 Å². The van der Waals surface area contributed by atoms with Crippen LogP contribution in [-0.4, -0.2) is 45.4 Å². The topological polar surface area (TPSA) is 142 Å². The maximum atomic E-state index is 13.0. The van der Waals surface area contributed by atoms with Gasteiger partial charge in [-0.1, -0.05) is 0 Å². The number of fused-ring (bicyclic) bond motifs is 1. The number of rotatable bonds is 5. The van der Waals surface area contributed by atoms with Crippen LogP contribution in [0.15, 0.2) is 41.3 Å². The number of primary sulfonamides is 1. The van der Waals surface area contributed by atoms with Crippen LogP contribution in [0.2, 0.25) is 0 Å². The van der Waals surface area contributed by atoms with Crippen molar-refractivity contribution in [1.29, 1.82) is 0 Å². The number of nitrogens with two attached hydrogens (primary N) is 1. The molecule has 31 heavy (non-hydrogen) atoms. The van der Waals surface area contributed by atoms with Crippen molar-refractivity contribution in [2.75, 3.05) is 31.2 Å². The molecule has 0 unspecified atom stereocenters. The number of nitrogens with zero attached hydrogens (tertiary/aromatic N) is 2. The molecule has 2 aliphatic rings. The fraction of sp³-hybridized carbons (Fsp3) is 0.350. The number of piperidine rings is 1. The summed E-state index contributed by atoms with van der Waals surface area (Å²) in [4.78, 5) is 24.8. The SMILES string of the molecule is NS(=O)(=O)c1cc([N+](=O)[O-])ccc1N1CCC(C(=O)c2ccc3c(c2)OCCO3)CC1. The molecule has 2 aromatic rings. The van der Waals surface area contributed by atoms with Crippen LogP contribution in [0.5, 0.6) is 11.5 Å². The van der Waals surface area contributed by atoms with Gasteiger partial charge >= 0.3 is 0 Å². The lowest BCUT2D eigenvalue weighted by Crippen LogP contribution is -2.37. The highest BCUT2D eigenvalue weighted by Crippen LogP contribution is 2.35. The van der Waals surface area contributed by atoms with Gasteiger partial charge in [0.15, 0.2) is 17.3 Å².